The maximum atomic E-state index is 12.3. The van der Waals surface area contributed by atoms with Crippen molar-refractivity contribution in [3.63, 3.8) is 0 Å². The van der Waals surface area contributed by atoms with E-state index in [-0.39, 0.29) is 5.91 Å². The van der Waals surface area contributed by atoms with Crippen LogP contribution < -0.4 is 11.1 Å². The SMILES string of the molecule is Cc1cccc(C(C)C)c1NC(=O)c1ccc(N)cc1. The third kappa shape index (κ3) is 2.99. The van der Waals surface area contributed by atoms with E-state index < -0.39 is 0 Å². The molecule has 3 heteroatoms. The molecule has 0 fully saturated rings. The van der Waals surface area contributed by atoms with Crippen molar-refractivity contribution in [2.45, 2.75) is 26.7 Å². The lowest BCUT2D eigenvalue weighted by atomic mass is 9.98. The molecule has 1 amide bonds. The van der Waals surface area contributed by atoms with Crippen LogP contribution in [0.4, 0.5) is 11.4 Å². The number of carbonyl (C=O) groups is 1. The van der Waals surface area contributed by atoms with Gasteiger partial charge >= 0.3 is 0 Å². The summed E-state index contributed by atoms with van der Waals surface area (Å²) < 4.78 is 0. The first-order valence-electron chi connectivity index (χ1n) is 6.75. The highest BCUT2D eigenvalue weighted by Crippen LogP contribution is 2.27. The van der Waals surface area contributed by atoms with E-state index in [2.05, 4.69) is 25.2 Å². The number of aryl methyl sites for hydroxylation is 1. The third-order valence-electron chi connectivity index (χ3n) is 3.34. The Morgan fingerprint density at radius 3 is 2.35 bits per heavy atom. The maximum Gasteiger partial charge on any atom is 0.255 e. The Morgan fingerprint density at radius 1 is 1.10 bits per heavy atom. The summed E-state index contributed by atoms with van der Waals surface area (Å²) in [7, 11) is 0. The minimum atomic E-state index is -0.110. The van der Waals surface area contributed by atoms with Gasteiger partial charge in [0.15, 0.2) is 0 Å². The van der Waals surface area contributed by atoms with Crippen molar-refractivity contribution in [1.82, 2.24) is 0 Å². The average Bonchev–Trinajstić information content (AvgIpc) is 2.41. The number of para-hydroxylation sites is 1. The van der Waals surface area contributed by atoms with Gasteiger partial charge in [-0.3, -0.25) is 4.79 Å². The smallest absolute Gasteiger partial charge is 0.255 e. The summed E-state index contributed by atoms with van der Waals surface area (Å²) in [6.07, 6.45) is 0. The van der Waals surface area contributed by atoms with Gasteiger partial charge in [0, 0.05) is 16.9 Å². The largest absolute Gasteiger partial charge is 0.399 e. The van der Waals surface area contributed by atoms with Crippen LogP contribution in [0.15, 0.2) is 42.5 Å². The molecule has 0 heterocycles. The van der Waals surface area contributed by atoms with Crippen molar-refractivity contribution < 1.29 is 4.79 Å². The quantitative estimate of drug-likeness (QED) is 0.828. The number of nitrogen functional groups attached to an aromatic ring is 1. The molecule has 0 saturated carbocycles. The van der Waals surface area contributed by atoms with E-state index in [1.165, 1.54) is 0 Å². The number of rotatable bonds is 3. The molecule has 20 heavy (non-hydrogen) atoms. The van der Waals surface area contributed by atoms with E-state index in [0.717, 1.165) is 16.8 Å². The van der Waals surface area contributed by atoms with Gasteiger partial charge in [0.05, 0.1) is 0 Å². The monoisotopic (exact) mass is 268 g/mol. The zero-order valence-corrected chi connectivity index (χ0v) is 12.1. The summed E-state index contributed by atoms with van der Waals surface area (Å²) in [5, 5.41) is 3.02. The van der Waals surface area contributed by atoms with Gasteiger partial charge < -0.3 is 11.1 Å². The molecule has 2 aromatic carbocycles. The van der Waals surface area contributed by atoms with Crippen LogP contribution in [0.25, 0.3) is 0 Å². The number of anilines is 2. The summed E-state index contributed by atoms with van der Waals surface area (Å²) in [5.41, 5.74) is 10.0. The molecule has 0 aliphatic heterocycles. The molecule has 3 N–H and O–H groups in total. The van der Waals surface area contributed by atoms with E-state index in [9.17, 15) is 4.79 Å². The van der Waals surface area contributed by atoms with Gasteiger partial charge in [0.2, 0.25) is 0 Å². The van der Waals surface area contributed by atoms with Crippen LogP contribution in [-0.4, -0.2) is 5.91 Å². The molecule has 0 saturated heterocycles. The summed E-state index contributed by atoms with van der Waals surface area (Å²) in [6, 6.07) is 13.0. The lowest BCUT2D eigenvalue weighted by Gasteiger charge is -2.16. The van der Waals surface area contributed by atoms with Crippen molar-refractivity contribution in [3.05, 3.63) is 59.2 Å². The molecule has 0 aliphatic rings. The van der Waals surface area contributed by atoms with E-state index in [1.807, 2.05) is 19.1 Å². The second kappa shape index (κ2) is 5.78. The molecule has 0 aromatic heterocycles. The fraction of sp³-hybridized carbons (Fsp3) is 0.235. The molecular weight excluding hydrogens is 248 g/mol. The van der Waals surface area contributed by atoms with Crippen LogP contribution in [0.2, 0.25) is 0 Å². The standard InChI is InChI=1S/C17H20N2O/c1-11(2)15-6-4-5-12(3)16(15)19-17(20)13-7-9-14(18)10-8-13/h4-11H,18H2,1-3H3,(H,19,20). The second-order valence-corrected chi connectivity index (χ2v) is 5.27. The van der Waals surface area contributed by atoms with Gasteiger partial charge in [-0.25, -0.2) is 0 Å². The summed E-state index contributed by atoms with van der Waals surface area (Å²) in [5.74, 6) is 0.248. The molecule has 0 bridgehead atoms. The third-order valence-corrected chi connectivity index (χ3v) is 3.34. The number of hydrogen-bond acceptors (Lipinski definition) is 2. The number of hydrogen-bond donors (Lipinski definition) is 2. The topological polar surface area (TPSA) is 55.1 Å². The normalized spacial score (nSPS) is 10.6. The predicted molar refractivity (Wildman–Crippen MR) is 84.1 cm³/mol. The number of benzene rings is 2. The highest BCUT2D eigenvalue weighted by atomic mass is 16.1. The molecule has 0 spiro atoms. The van der Waals surface area contributed by atoms with Crippen molar-refractivity contribution in [2.75, 3.05) is 11.1 Å². The molecule has 104 valence electrons. The van der Waals surface area contributed by atoms with E-state index in [4.69, 9.17) is 5.73 Å². The first-order valence-corrected chi connectivity index (χ1v) is 6.75. The lowest BCUT2D eigenvalue weighted by molar-refractivity contribution is 0.102. The summed E-state index contributed by atoms with van der Waals surface area (Å²) in [6.45, 7) is 6.24. The van der Waals surface area contributed by atoms with E-state index in [1.54, 1.807) is 24.3 Å². The number of nitrogens with one attached hydrogen (secondary N) is 1. The molecule has 0 radical (unpaired) electrons. The van der Waals surface area contributed by atoms with Crippen LogP contribution >= 0.6 is 0 Å². The van der Waals surface area contributed by atoms with Crippen LogP contribution in [0.5, 0.6) is 0 Å². The molecule has 0 unspecified atom stereocenters. The minimum Gasteiger partial charge on any atom is -0.399 e. The molecular formula is C17H20N2O. The predicted octanol–water partition coefficient (Wildman–Crippen LogP) is 3.95. The van der Waals surface area contributed by atoms with Crippen molar-refractivity contribution in [1.29, 1.82) is 0 Å². The number of amides is 1. The Morgan fingerprint density at radius 2 is 1.75 bits per heavy atom. The van der Waals surface area contributed by atoms with Crippen LogP contribution in [0, 0.1) is 6.92 Å². The molecule has 2 rings (SSSR count). The molecule has 3 nitrogen and oxygen atoms in total. The lowest BCUT2D eigenvalue weighted by Crippen LogP contribution is -2.14. The average molecular weight is 268 g/mol. The Kier molecular flexibility index (Phi) is 4.08. The molecule has 0 aliphatic carbocycles. The van der Waals surface area contributed by atoms with E-state index >= 15 is 0 Å². The van der Waals surface area contributed by atoms with Crippen LogP contribution in [0.1, 0.15) is 41.3 Å². The van der Waals surface area contributed by atoms with Crippen molar-refractivity contribution in [3.8, 4) is 0 Å². The first-order chi connectivity index (χ1) is 9.49. The first kappa shape index (κ1) is 14.1. The fourth-order valence-corrected chi connectivity index (χ4v) is 2.16. The Hall–Kier alpha value is -2.29. The van der Waals surface area contributed by atoms with Crippen LogP contribution in [0.3, 0.4) is 0 Å². The van der Waals surface area contributed by atoms with Gasteiger partial charge in [-0.05, 0) is 48.2 Å². The summed E-state index contributed by atoms with van der Waals surface area (Å²) in [4.78, 5) is 12.3. The van der Waals surface area contributed by atoms with Crippen LogP contribution in [-0.2, 0) is 0 Å². The summed E-state index contributed by atoms with van der Waals surface area (Å²) >= 11 is 0. The zero-order chi connectivity index (χ0) is 14.7. The van der Waals surface area contributed by atoms with Crippen molar-refractivity contribution in [2.24, 2.45) is 0 Å². The van der Waals surface area contributed by atoms with Crippen molar-refractivity contribution >= 4 is 17.3 Å². The Labute approximate surface area is 119 Å². The number of nitrogens with two attached hydrogens (primary N) is 1. The Bertz CT molecular complexity index is 615. The van der Waals surface area contributed by atoms with Gasteiger partial charge in [-0.15, -0.1) is 0 Å². The maximum absolute atomic E-state index is 12.3. The second-order valence-electron chi connectivity index (χ2n) is 5.27. The van der Waals surface area contributed by atoms with Gasteiger partial charge in [-0.1, -0.05) is 32.0 Å². The van der Waals surface area contributed by atoms with E-state index in [0.29, 0.717) is 17.2 Å². The molecule has 0 atom stereocenters. The van der Waals surface area contributed by atoms with Gasteiger partial charge in [-0.2, -0.15) is 0 Å². The zero-order valence-electron chi connectivity index (χ0n) is 12.1. The minimum absolute atomic E-state index is 0.110. The Balaban J connectivity index is 2.30. The van der Waals surface area contributed by atoms with Gasteiger partial charge in [0.25, 0.3) is 5.91 Å². The highest BCUT2D eigenvalue weighted by Gasteiger charge is 2.13. The fourth-order valence-electron chi connectivity index (χ4n) is 2.16. The number of carbonyl (C=O) groups excluding carboxylic acids is 1. The molecule has 2 aromatic rings. The van der Waals surface area contributed by atoms with Gasteiger partial charge in [0.1, 0.15) is 0 Å². The highest BCUT2D eigenvalue weighted by molar-refractivity contribution is 6.05.